The summed E-state index contributed by atoms with van der Waals surface area (Å²) >= 11 is 0. The van der Waals surface area contributed by atoms with Crippen molar-refractivity contribution in [1.82, 2.24) is 19.8 Å². The maximum absolute atomic E-state index is 12.7. The molecule has 1 aromatic heterocycles. The molecule has 1 fully saturated rings. The Bertz CT molecular complexity index is 880. The quantitative estimate of drug-likeness (QED) is 0.812. The van der Waals surface area contributed by atoms with Crippen molar-refractivity contribution in [2.45, 2.75) is 32.4 Å². The molecule has 3 rings (SSSR count). The fourth-order valence-corrected chi connectivity index (χ4v) is 3.36. The van der Waals surface area contributed by atoms with E-state index in [1.165, 1.54) is 13.4 Å². The third-order valence-electron chi connectivity index (χ3n) is 4.84. The number of rotatable bonds is 6. The Labute approximate surface area is 158 Å². The molecule has 1 atom stereocenters. The first kappa shape index (κ1) is 19.2. The van der Waals surface area contributed by atoms with Gasteiger partial charge in [0.15, 0.2) is 11.5 Å². The zero-order valence-electron chi connectivity index (χ0n) is 16.0. The fourth-order valence-electron chi connectivity index (χ4n) is 3.36. The minimum absolute atomic E-state index is 0.136. The van der Waals surface area contributed by atoms with Gasteiger partial charge in [-0.3, -0.25) is 14.2 Å². The highest BCUT2D eigenvalue weighted by Crippen LogP contribution is 2.29. The number of benzene rings is 1. The number of nitrogens with one attached hydrogen (secondary N) is 1. The number of hydrogen-bond acceptors (Lipinski definition) is 6. The van der Waals surface area contributed by atoms with Gasteiger partial charge in [-0.2, -0.15) is 0 Å². The minimum Gasteiger partial charge on any atom is -0.493 e. The molecule has 1 N–H and O–H groups in total. The van der Waals surface area contributed by atoms with Gasteiger partial charge in [0.2, 0.25) is 5.91 Å². The second-order valence-corrected chi connectivity index (χ2v) is 6.77. The highest BCUT2D eigenvalue weighted by atomic mass is 16.5. The van der Waals surface area contributed by atoms with E-state index in [2.05, 4.69) is 17.2 Å². The smallest absolute Gasteiger partial charge is 0.261 e. The number of ether oxygens (including phenoxy) is 2. The van der Waals surface area contributed by atoms with Crippen LogP contribution in [0.4, 0.5) is 0 Å². The number of nitrogens with zero attached hydrogens (tertiary/aromatic N) is 3. The molecule has 0 bridgehead atoms. The molecule has 1 aromatic carbocycles. The molecular weight excluding hydrogens is 348 g/mol. The van der Waals surface area contributed by atoms with Crippen molar-refractivity contribution in [2.75, 3.05) is 33.9 Å². The van der Waals surface area contributed by atoms with E-state index in [1.54, 1.807) is 23.8 Å². The van der Waals surface area contributed by atoms with E-state index in [4.69, 9.17) is 9.47 Å². The number of aromatic nitrogens is 2. The molecule has 1 amide bonds. The van der Waals surface area contributed by atoms with Gasteiger partial charge in [-0.15, -0.1) is 0 Å². The zero-order chi connectivity index (χ0) is 19.4. The van der Waals surface area contributed by atoms with E-state index < -0.39 is 0 Å². The first-order chi connectivity index (χ1) is 13.0. The van der Waals surface area contributed by atoms with E-state index in [0.29, 0.717) is 47.8 Å². The highest BCUT2D eigenvalue weighted by Gasteiger charge is 2.20. The van der Waals surface area contributed by atoms with E-state index in [1.807, 2.05) is 4.90 Å². The third kappa shape index (κ3) is 4.21. The Kier molecular flexibility index (Phi) is 5.95. The van der Waals surface area contributed by atoms with Gasteiger partial charge < -0.3 is 19.7 Å². The zero-order valence-corrected chi connectivity index (χ0v) is 16.0. The van der Waals surface area contributed by atoms with Gasteiger partial charge >= 0.3 is 0 Å². The van der Waals surface area contributed by atoms with Crippen molar-refractivity contribution in [2.24, 2.45) is 0 Å². The Morgan fingerprint density at radius 1 is 1.30 bits per heavy atom. The Balaban J connectivity index is 1.69. The standard InChI is InChI=1S/C19H26N4O4/c1-13-11-22(8-6-20-13)18(24)5-4-7-23-12-21-15-10-17(27-3)16(26-2)9-14(15)19(23)25/h9-10,12-13,20H,4-8,11H2,1-3H3. The van der Waals surface area contributed by atoms with Crippen molar-refractivity contribution in [3.8, 4) is 11.5 Å². The molecule has 0 radical (unpaired) electrons. The van der Waals surface area contributed by atoms with Crippen LogP contribution < -0.4 is 20.3 Å². The molecule has 0 spiro atoms. The van der Waals surface area contributed by atoms with E-state index in [0.717, 1.165) is 19.6 Å². The van der Waals surface area contributed by atoms with Crippen molar-refractivity contribution in [3.05, 3.63) is 28.8 Å². The van der Waals surface area contributed by atoms with Gasteiger partial charge in [0.05, 0.1) is 31.4 Å². The molecule has 27 heavy (non-hydrogen) atoms. The summed E-state index contributed by atoms with van der Waals surface area (Å²) in [6, 6.07) is 3.66. The fraction of sp³-hybridized carbons (Fsp3) is 0.526. The number of carbonyl (C=O) groups excluding carboxylic acids is 1. The highest BCUT2D eigenvalue weighted by molar-refractivity contribution is 5.81. The van der Waals surface area contributed by atoms with Crippen molar-refractivity contribution in [1.29, 1.82) is 0 Å². The number of amides is 1. The summed E-state index contributed by atoms with van der Waals surface area (Å²) in [4.78, 5) is 31.3. The predicted octanol–water partition coefficient (Wildman–Crippen LogP) is 1.01. The summed E-state index contributed by atoms with van der Waals surface area (Å²) in [6.07, 6.45) is 2.54. The molecule has 8 heteroatoms. The summed E-state index contributed by atoms with van der Waals surface area (Å²) in [7, 11) is 3.07. The average molecular weight is 374 g/mol. The maximum Gasteiger partial charge on any atom is 0.261 e. The monoisotopic (exact) mass is 374 g/mol. The number of piperazine rings is 1. The molecule has 146 valence electrons. The largest absolute Gasteiger partial charge is 0.493 e. The lowest BCUT2D eigenvalue weighted by molar-refractivity contribution is -0.132. The van der Waals surface area contributed by atoms with Crippen molar-refractivity contribution in [3.63, 3.8) is 0 Å². The number of hydrogen-bond donors (Lipinski definition) is 1. The van der Waals surface area contributed by atoms with Crippen LogP contribution in [0, 0.1) is 0 Å². The van der Waals surface area contributed by atoms with Crippen LogP contribution in [0.15, 0.2) is 23.3 Å². The number of carbonyl (C=O) groups is 1. The first-order valence-corrected chi connectivity index (χ1v) is 9.15. The van der Waals surface area contributed by atoms with Crippen LogP contribution in [-0.4, -0.2) is 60.3 Å². The Hall–Kier alpha value is -2.61. The number of fused-ring (bicyclic) bond motifs is 1. The molecule has 0 aliphatic carbocycles. The second kappa shape index (κ2) is 8.39. The van der Waals surface area contributed by atoms with Gasteiger partial charge in [0.25, 0.3) is 5.56 Å². The lowest BCUT2D eigenvalue weighted by Gasteiger charge is -2.32. The first-order valence-electron chi connectivity index (χ1n) is 9.15. The molecule has 8 nitrogen and oxygen atoms in total. The molecule has 2 aromatic rings. The topological polar surface area (TPSA) is 85.7 Å². The molecular formula is C19H26N4O4. The Morgan fingerprint density at radius 2 is 2.04 bits per heavy atom. The summed E-state index contributed by atoms with van der Waals surface area (Å²) in [5.74, 6) is 1.16. The van der Waals surface area contributed by atoms with Gasteiger partial charge in [-0.1, -0.05) is 0 Å². The maximum atomic E-state index is 12.7. The summed E-state index contributed by atoms with van der Waals surface area (Å²) in [6.45, 7) is 4.82. The summed E-state index contributed by atoms with van der Waals surface area (Å²) in [5, 5.41) is 3.79. The second-order valence-electron chi connectivity index (χ2n) is 6.77. The van der Waals surface area contributed by atoms with Crippen LogP contribution in [-0.2, 0) is 11.3 Å². The predicted molar refractivity (Wildman–Crippen MR) is 102 cm³/mol. The van der Waals surface area contributed by atoms with Crippen LogP contribution in [0.1, 0.15) is 19.8 Å². The van der Waals surface area contributed by atoms with E-state index in [9.17, 15) is 9.59 Å². The van der Waals surface area contributed by atoms with Crippen LogP contribution in [0.5, 0.6) is 11.5 Å². The third-order valence-corrected chi connectivity index (χ3v) is 4.84. The number of aryl methyl sites for hydroxylation is 1. The van der Waals surface area contributed by atoms with Crippen LogP contribution in [0.25, 0.3) is 10.9 Å². The van der Waals surface area contributed by atoms with E-state index in [-0.39, 0.29) is 11.5 Å². The Morgan fingerprint density at radius 3 is 2.74 bits per heavy atom. The van der Waals surface area contributed by atoms with Crippen LogP contribution >= 0.6 is 0 Å². The normalized spacial score (nSPS) is 17.1. The molecule has 1 aliphatic rings. The van der Waals surface area contributed by atoms with Gasteiger partial charge in [-0.25, -0.2) is 4.98 Å². The van der Waals surface area contributed by atoms with Gasteiger partial charge in [-0.05, 0) is 19.4 Å². The average Bonchev–Trinajstić information content (AvgIpc) is 2.68. The summed E-state index contributed by atoms with van der Waals surface area (Å²) < 4.78 is 12.1. The van der Waals surface area contributed by atoms with Gasteiger partial charge in [0.1, 0.15) is 0 Å². The lowest BCUT2D eigenvalue weighted by Crippen LogP contribution is -2.51. The summed E-state index contributed by atoms with van der Waals surface area (Å²) in [5.41, 5.74) is 0.406. The number of methoxy groups -OCH3 is 2. The van der Waals surface area contributed by atoms with Gasteiger partial charge in [0, 0.05) is 44.7 Å². The van der Waals surface area contributed by atoms with Crippen LogP contribution in [0.2, 0.25) is 0 Å². The van der Waals surface area contributed by atoms with Crippen molar-refractivity contribution >= 4 is 16.8 Å². The molecule has 1 saturated heterocycles. The lowest BCUT2D eigenvalue weighted by atomic mass is 10.2. The SMILES string of the molecule is COc1cc2ncn(CCCC(=O)N3CCNC(C)C3)c(=O)c2cc1OC. The van der Waals surface area contributed by atoms with Crippen LogP contribution in [0.3, 0.4) is 0 Å². The molecule has 2 heterocycles. The molecule has 1 unspecified atom stereocenters. The van der Waals surface area contributed by atoms with E-state index >= 15 is 0 Å². The molecule has 0 saturated carbocycles. The molecule has 1 aliphatic heterocycles. The van der Waals surface area contributed by atoms with Crippen molar-refractivity contribution < 1.29 is 14.3 Å². The minimum atomic E-state index is -0.149.